The Hall–Kier alpha value is -1.62. The third-order valence-electron chi connectivity index (χ3n) is 1.88. The standard InChI is InChI=1S/C9H8ClN3O2/c1-2-15-9(14)6-3-12-13-7(6)4-11-5-8(13)10/h3-5H,2H2,1H3. The molecule has 0 spiro atoms. The zero-order chi connectivity index (χ0) is 10.8. The molecule has 6 heteroatoms. The first-order chi connectivity index (χ1) is 7.24. The number of hydrogen-bond acceptors (Lipinski definition) is 4. The second kappa shape index (κ2) is 3.86. The molecule has 0 N–H and O–H groups in total. The summed E-state index contributed by atoms with van der Waals surface area (Å²) in [5, 5.41) is 4.32. The minimum atomic E-state index is -0.420. The second-order valence-corrected chi connectivity index (χ2v) is 3.19. The summed E-state index contributed by atoms with van der Waals surface area (Å²) in [4.78, 5) is 15.4. The maximum absolute atomic E-state index is 11.5. The van der Waals surface area contributed by atoms with Gasteiger partial charge >= 0.3 is 5.97 Å². The van der Waals surface area contributed by atoms with Crippen LogP contribution in [0.15, 0.2) is 18.6 Å². The zero-order valence-electron chi connectivity index (χ0n) is 7.98. The van der Waals surface area contributed by atoms with E-state index in [1.54, 1.807) is 6.92 Å². The van der Waals surface area contributed by atoms with Crippen LogP contribution in [0.5, 0.6) is 0 Å². The number of hydrogen-bond donors (Lipinski definition) is 0. The van der Waals surface area contributed by atoms with Crippen molar-refractivity contribution < 1.29 is 9.53 Å². The molecule has 0 unspecified atom stereocenters. The van der Waals surface area contributed by atoms with Crippen LogP contribution in [-0.4, -0.2) is 27.2 Å². The Bertz CT molecular complexity index is 509. The van der Waals surface area contributed by atoms with Crippen LogP contribution in [0.4, 0.5) is 0 Å². The van der Waals surface area contributed by atoms with E-state index in [1.165, 1.54) is 23.1 Å². The smallest absolute Gasteiger partial charge is 0.342 e. The molecule has 0 amide bonds. The van der Waals surface area contributed by atoms with Crippen LogP contribution < -0.4 is 0 Å². The summed E-state index contributed by atoms with van der Waals surface area (Å²) in [5.74, 6) is -0.420. The van der Waals surface area contributed by atoms with Crippen molar-refractivity contribution in [1.29, 1.82) is 0 Å². The van der Waals surface area contributed by atoms with Gasteiger partial charge in [0.2, 0.25) is 0 Å². The summed E-state index contributed by atoms with van der Waals surface area (Å²) in [5.41, 5.74) is 0.910. The Kier molecular flexibility index (Phi) is 2.55. The van der Waals surface area contributed by atoms with Crippen molar-refractivity contribution in [1.82, 2.24) is 14.6 Å². The van der Waals surface area contributed by atoms with Crippen LogP contribution in [-0.2, 0) is 4.74 Å². The van der Waals surface area contributed by atoms with Gasteiger partial charge in [-0.15, -0.1) is 0 Å². The Balaban J connectivity index is 2.54. The predicted octanol–water partition coefficient (Wildman–Crippen LogP) is 1.56. The first-order valence-corrected chi connectivity index (χ1v) is 4.76. The average molecular weight is 226 g/mol. The topological polar surface area (TPSA) is 56.5 Å². The molecule has 0 aliphatic heterocycles. The highest BCUT2D eigenvalue weighted by atomic mass is 35.5. The normalized spacial score (nSPS) is 10.5. The fourth-order valence-electron chi connectivity index (χ4n) is 1.24. The fraction of sp³-hybridized carbons (Fsp3) is 0.222. The van der Waals surface area contributed by atoms with Gasteiger partial charge in [0, 0.05) is 0 Å². The third kappa shape index (κ3) is 1.66. The van der Waals surface area contributed by atoms with Crippen molar-refractivity contribution >= 4 is 23.1 Å². The number of ether oxygens (including phenoxy) is 1. The van der Waals surface area contributed by atoms with Gasteiger partial charge in [-0.05, 0) is 6.92 Å². The van der Waals surface area contributed by atoms with Crippen LogP contribution in [0, 0.1) is 0 Å². The molecule has 5 nitrogen and oxygen atoms in total. The Morgan fingerprint density at radius 1 is 1.53 bits per heavy atom. The molecule has 0 radical (unpaired) electrons. The molecule has 0 saturated carbocycles. The molecule has 2 aromatic rings. The number of halogens is 1. The molecule has 0 fully saturated rings. The largest absolute Gasteiger partial charge is 0.462 e. The quantitative estimate of drug-likeness (QED) is 0.728. The molecule has 0 aliphatic rings. The summed E-state index contributed by atoms with van der Waals surface area (Å²) in [6.45, 7) is 2.07. The van der Waals surface area contributed by atoms with Crippen molar-refractivity contribution in [2.75, 3.05) is 6.61 Å². The van der Waals surface area contributed by atoms with Crippen LogP contribution in [0.2, 0.25) is 5.15 Å². The van der Waals surface area contributed by atoms with Crippen LogP contribution in [0.1, 0.15) is 17.3 Å². The number of nitrogens with zero attached hydrogens (tertiary/aromatic N) is 3. The van der Waals surface area contributed by atoms with Gasteiger partial charge in [-0.2, -0.15) is 5.10 Å². The van der Waals surface area contributed by atoms with E-state index >= 15 is 0 Å². The Morgan fingerprint density at radius 2 is 2.33 bits per heavy atom. The predicted molar refractivity (Wildman–Crippen MR) is 54.0 cm³/mol. The summed E-state index contributed by atoms with van der Waals surface area (Å²) in [6.07, 6.45) is 4.39. The lowest BCUT2D eigenvalue weighted by Gasteiger charge is -1.99. The Morgan fingerprint density at radius 3 is 3.07 bits per heavy atom. The van der Waals surface area contributed by atoms with E-state index in [9.17, 15) is 4.79 Å². The molecule has 2 heterocycles. The lowest BCUT2D eigenvalue weighted by Crippen LogP contribution is -2.04. The van der Waals surface area contributed by atoms with E-state index in [0.29, 0.717) is 22.8 Å². The van der Waals surface area contributed by atoms with Crippen molar-refractivity contribution in [3.05, 3.63) is 29.3 Å². The monoisotopic (exact) mass is 225 g/mol. The van der Waals surface area contributed by atoms with Gasteiger partial charge in [0.15, 0.2) is 0 Å². The lowest BCUT2D eigenvalue weighted by molar-refractivity contribution is 0.0528. The van der Waals surface area contributed by atoms with E-state index in [4.69, 9.17) is 16.3 Å². The van der Waals surface area contributed by atoms with Crippen molar-refractivity contribution in [3.63, 3.8) is 0 Å². The van der Waals surface area contributed by atoms with E-state index in [-0.39, 0.29) is 0 Å². The van der Waals surface area contributed by atoms with E-state index in [1.807, 2.05) is 0 Å². The number of esters is 1. The molecule has 2 aromatic heterocycles. The van der Waals surface area contributed by atoms with E-state index in [2.05, 4.69) is 10.1 Å². The van der Waals surface area contributed by atoms with Gasteiger partial charge in [-0.1, -0.05) is 11.6 Å². The fourth-order valence-corrected chi connectivity index (χ4v) is 1.43. The summed E-state index contributed by atoms with van der Waals surface area (Å²) in [7, 11) is 0. The highest BCUT2D eigenvalue weighted by molar-refractivity contribution is 6.29. The van der Waals surface area contributed by atoms with Gasteiger partial charge in [0.25, 0.3) is 0 Å². The van der Waals surface area contributed by atoms with Gasteiger partial charge in [0.05, 0.1) is 25.2 Å². The van der Waals surface area contributed by atoms with Crippen molar-refractivity contribution in [2.24, 2.45) is 0 Å². The van der Waals surface area contributed by atoms with Crippen LogP contribution in [0.3, 0.4) is 0 Å². The molecule has 78 valence electrons. The number of aromatic nitrogens is 3. The molecule has 0 saturated heterocycles. The molecule has 0 bridgehead atoms. The van der Waals surface area contributed by atoms with Crippen LogP contribution in [0.25, 0.3) is 5.52 Å². The van der Waals surface area contributed by atoms with Crippen molar-refractivity contribution in [3.8, 4) is 0 Å². The molecule has 15 heavy (non-hydrogen) atoms. The SMILES string of the molecule is CCOC(=O)c1cnn2c(Cl)cncc12. The van der Waals surface area contributed by atoms with Gasteiger partial charge < -0.3 is 4.74 Å². The van der Waals surface area contributed by atoms with Gasteiger partial charge in [-0.3, -0.25) is 4.98 Å². The van der Waals surface area contributed by atoms with Crippen LogP contribution >= 0.6 is 11.6 Å². The molecule has 0 aromatic carbocycles. The highest BCUT2D eigenvalue weighted by Crippen LogP contribution is 2.15. The Labute approximate surface area is 90.6 Å². The first kappa shape index (κ1) is 9.92. The number of rotatable bonds is 2. The minimum absolute atomic E-state index is 0.324. The summed E-state index contributed by atoms with van der Waals surface area (Å²) < 4.78 is 6.30. The molecule has 0 aliphatic carbocycles. The molecular formula is C9H8ClN3O2. The second-order valence-electron chi connectivity index (χ2n) is 2.81. The first-order valence-electron chi connectivity index (χ1n) is 4.38. The zero-order valence-corrected chi connectivity index (χ0v) is 8.73. The highest BCUT2D eigenvalue weighted by Gasteiger charge is 2.14. The van der Waals surface area contributed by atoms with Crippen molar-refractivity contribution in [2.45, 2.75) is 6.92 Å². The van der Waals surface area contributed by atoms with Gasteiger partial charge in [0.1, 0.15) is 16.2 Å². The number of carbonyl (C=O) groups excluding carboxylic acids is 1. The number of carbonyl (C=O) groups is 1. The van der Waals surface area contributed by atoms with E-state index < -0.39 is 5.97 Å². The molecule has 2 rings (SSSR count). The minimum Gasteiger partial charge on any atom is -0.462 e. The summed E-state index contributed by atoms with van der Waals surface area (Å²) in [6, 6.07) is 0. The van der Waals surface area contributed by atoms with E-state index in [0.717, 1.165) is 0 Å². The maximum atomic E-state index is 11.5. The molecule has 0 atom stereocenters. The third-order valence-corrected chi connectivity index (χ3v) is 2.14. The average Bonchev–Trinajstić information content (AvgIpc) is 2.63. The van der Waals surface area contributed by atoms with Gasteiger partial charge in [-0.25, -0.2) is 9.31 Å². The lowest BCUT2D eigenvalue weighted by atomic mass is 10.3. The maximum Gasteiger partial charge on any atom is 0.342 e. The summed E-state index contributed by atoms with van der Waals surface area (Å²) >= 11 is 5.84. The molecular weight excluding hydrogens is 218 g/mol. The number of fused-ring (bicyclic) bond motifs is 1.